The molecule has 0 fully saturated rings. The molecular formula is C8H21N3. The minimum absolute atomic E-state index is 0.0885. The van der Waals surface area contributed by atoms with E-state index in [0.29, 0.717) is 19.6 Å². The Balaban J connectivity index is 4.54. The van der Waals surface area contributed by atoms with E-state index >= 15 is 0 Å². The summed E-state index contributed by atoms with van der Waals surface area (Å²) in [6.45, 7) is 8.05. The van der Waals surface area contributed by atoms with Gasteiger partial charge in [-0.2, -0.15) is 0 Å². The highest BCUT2D eigenvalue weighted by molar-refractivity contribution is 4.92. The van der Waals surface area contributed by atoms with Crippen LogP contribution in [0.3, 0.4) is 0 Å². The fourth-order valence-corrected chi connectivity index (χ4v) is 1.17. The second-order valence-corrected chi connectivity index (χ2v) is 4.14. The molecule has 0 aromatic heterocycles. The molecule has 6 N–H and O–H groups in total. The first-order valence-corrected chi connectivity index (χ1v) is 4.04. The van der Waals surface area contributed by atoms with Gasteiger partial charge >= 0.3 is 0 Å². The van der Waals surface area contributed by atoms with Crippen molar-refractivity contribution in [2.75, 3.05) is 19.6 Å². The van der Waals surface area contributed by atoms with Crippen LogP contribution < -0.4 is 17.2 Å². The average Bonchev–Trinajstić information content (AvgIpc) is 1.90. The van der Waals surface area contributed by atoms with Crippen LogP contribution >= 0.6 is 0 Å². The summed E-state index contributed by atoms with van der Waals surface area (Å²) >= 11 is 0. The van der Waals surface area contributed by atoms with Gasteiger partial charge in [0.1, 0.15) is 0 Å². The van der Waals surface area contributed by atoms with Crippen molar-refractivity contribution in [1.82, 2.24) is 0 Å². The predicted molar refractivity (Wildman–Crippen MR) is 49.1 cm³/mol. The smallest absolute Gasteiger partial charge is 0.0119 e. The van der Waals surface area contributed by atoms with Gasteiger partial charge in [-0.05, 0) is 5.41 Å². The highest BCUT2D eigenvalue weighted by Crippen LogP contribution is 2.35. The number of hydrogen-bond donors (Lipinski definition) is 3. The topological polar surface area (TPSA) is 78.1 Å². The monoisotopic (exact) mass is 159 g/mol. The average molecular weight is 159 g/mol. The van der Waals surface area contributed by atoms with Gasteiger partial charge in [-0.1, -0.05) is 20.8 Å². The summed E-state index contributed by atoms with van der Waals surface area (Å²) in [6, 6.07) is 0. The Morgan fingerprint density at radius 1 is 0.818 bits per heavy atom. The normalized spacial score (nSPS) is 13.6. The molecular weight excluding hydrogens is 138 g/mol. The van der Waals surface area contributed by atoms with Gasteiger partial charge in [0.25, 0.3) is 0 Å². The Labute approximate surface area is 69.3 Å². The Morgan fingerprint density at radius 2 is 1.09 bits per heavy atom. The van der Waals surface area contributed by atoms with Crippen LogP contribution in [0.4, 0.5) is 0 Å². The molecule has 0 radical (unpaired) electrons. The minimum Gasteiger partial charge on any atom is -0.330 e. The van der Waals surface area contributed by atoms with E-state index in [1.54, 1.807) is 0 Å². The van der Waals surface area contributed by atoms with Gasteiger partial charge in [0.05, 0.1) is 0 Å². The fraction of sp³-hybridized carbons (Fsp3) is 1.00. The second-order valence-electron chi connectivity index (χ2n) is 4.14. The highest BCUT2D eigenvalue weighted by atomic mass is 14.8. The van der Waals surface area contributed by atoms with Crippen molar-refractivity contribution < 1.29 is 0 Å². The van der Waals surface area contributed by atoms with Gasteiger partial charge < -0.3 is 17.2 Å². The first-order chi connectivity index (χ1) is 4.93. The summed E-state index contributed by atoms with van der Waals surface area (Å²) in [5.41, 5.74) is 16.9. The van der Waals surface area contributed by atoms with Gasteiger partial charge in [0.15, 0.2) is 0 Å². The Kier molecular flexibility index (Phi) is 3.48. The van der Waals surface area contributed by atoms with Crippen LogP contribution in [0.1, 0.15) is 20.8 Å². The third-order valence-electron chi connectivity index (χ3n) is 2.76. The Morgan fingerprint density at radius 3 is 1.09 bits per heavy atom. The molecule has 3 nitrogen and oxygen atoms in total. The van der Waals surface area contributed by atoms with Crippen molar-refractivity contribution in [1.29, 1.82) is 0 Å². The van der Waals surface area contributed by atoms with E-state index in [4.69, 9.17) is 17.2 Å². The van der Waals surface area contributed by atoms with Crippen molar-refractivity contribution in [2.45, 2.75) is 20.8 Å². The molecule has 0 heterocycles. The lowest BCUT2D eigenvalue weighted by Gasteiger charge is -2.42. The van der Waals surface area contributed by atoms with Gasteiger partial charge in [-0.25, -0.2) is 0 Å². The largest absolute Gasteiger partial charge is 0.330 e. The first-order valence-electron chi connectivity index (χ1n) is 4.04. The van der Waals surface area contributed by atoms with Crippen LogP contribution in [0.2, 0.25) is 0 Å². The maximum Gasteiger partial charge on any atom is 0.0119 e. The van der Waals surface area contributed by atoms with Crippen molar-refractivity contribution in [3.8, 4) is 0 Å². The quantitative estimate of drug-likeness (QED) is 0.538. The van der Waals surface area contributed by atoms with Crippen LogP contribution in [-0.2, 0) is 0 Å². The third kappa shape index (κ3) is 1.92. The van der Waals surface area contributed by atoms with E-state index in [9.17, 15) is 0 Å². The lowest BCUT2D eigenvalue weighted by molar-refractivity contribution is 0.115. The van der Waals surface area contributed by atoms with Crippen LogP contribution in [-0.4, -0.2) is 19.6 Å². The SMILES string of the molecule is CC(C)(C)C(CN)(CN)CN. The molecule has 0 aliphatic rings. The van der Waals surface area contributed by atoms with Crippen LogP contribution in [0, 0.1) is 10.8 Å². The van der Waals surface area contributed by atoms with Gasteiger partial charge in [-0.15, -0.1) is 0 Å². The summed E-state index contributed by atoms with van der Waals surface area (Å²) in [5.74, 6) is 0. The molecule has 0 aliphatic carbocycles. The van der Waals surface area contributed by atoms with Crippen molar-refractivity contribution in [3.63, 3.8) is 0 Å². The summed E-state index contributed by atoms with van der Waals surface area (Å²) in [5, 5.41) is 0. The van der Waals surface area contributed by atoms with E-state index in [-0.39, 0.29) is 10.8 Å². The molecule has 0 spiro atoms. The summed E-state index contributed by atoms with van der Waals surface area (Å²) in [4.78, 5) is 0. The highest BCUT2D eigenvalue weighted by Gasteiger charge is 2.38. The molecule has 0 amide bonds. The maximum atomic E-state index is 5.65. The summed E-state index contributed by atoms with van der Waals surface area (Å²) in [7, 11) is 0. The zero-order valence-electron chi connectivity index (χ0n) is 7.85. The number of nitrogens with two attached hydrogens (primary N) is 3. The van der Waals surface area contributed by atoms with E-state index in [1.807, 2.05) is 0 Å². The minimum atomic E-state index is -0.104. The molecule has 0 rings (SSSR count). The molecule has 0 aromatic rings. The predicted octanol–water partition coefficient (Wildman–Crippen LogP) is -0.105. The molecule has 0 aromatic carbocycles. The second kappa shape index (κ2) is 3.52. The van der Waals surface area contributed by atoms with Crippen LogP contribution in [0.25, 0.3) is 0 Å². The number of hydrogen-bond acceptors (Lipinski definition) is 3. The molecule has 0 aliphatic heterocycles. The lowest BCUT2D eigenvalue weighted by Crippen LogP contribution is -2.52. The molecule has 0 bridgehead atoms. The maximum absolute atomic E-state index is 5.65. The standard InChI is InChI=1S/C8H21N3/c1-7(2,3)8(4-9,5-10)6-11/h4-6,9-11H2,1-3H3. The van der Waals surface area contributed by atoms with E-state index in [1.165, 1.54) is 0 Å². The third-order valence-corrected chi connectivity index (χ3v) is 2.76. The van der Waals surface area contributed by atoms with Gasteiger partial charge in [0, 0.05) is 25.0 Å². The zero-order valence-corrected chi connectivity index (χ0v) is 7.85. The molecule has 3 heteroatoms. The zero-order chi connectivity index (χ0) is 9.12. The molecule has 0 unspecified atom stereocenters. The Hall–Kier alpha value is -0.120. The lowest BCUT2D eigenvalue weighted by atomic mass is 9.66. The molecule has 0 saturated carbocycles. The van der Waals surface area contributed by atoms with Gasteiger partial charge in [-0.3, -0.25) is 0 Å². The summed E-state index contributed by atoms with van der Waals surface area (Å²) in [6.07, 6.45) is 0. The van der Waals surface area contributed by atoms with E-state index < -0.39 is 0 Å². The molecule has 68 valence electrons. The molecule has 0 atom stereocenters. The van der Waals surface area contributed by atoms with E-state index in [2.05, 4.69) is 20.8 Å². The Bertz CT molecular complexity index is 103. The summed E-state index contributed by atoms with van der Waals surface area (Å²) < 4.78 is 0. The van der Waals surface area contributed by atoms with Gasteiger partial charge in [0.2, 0.25) is 0 Å². The van der Waals surface area contributed by atoms with E-state index in [0.717, 1.165) is 0 Å². The first kappa shape index (κ1) is 10.9. The number of rotatable bonds is 3. The molecule has 11 heavy (non-hydrogen) atoms. The van der Waals surface area contributed by atoms with Crippen LogP contribution in [0.15, 0.2) is 0 Å². The van der Waals surface area contributed by atoms with Crippen molar-refractivity contribution in [3.05, 3.63) is 0 Å². The van der Waals surface area contributed by atoms with Crippen molar-refractivity contribution in [2.24, 2.45) is 28.0 Å². The van der Waals surface area contributed by atoms with Crippen LogP contribution in [0.5, 0.6) is 0 Å². The fourth-order valence-electron chi connectivity index (χ4n) is 1.17. The van der Waals surface area contributed by atoms with Crippen molar-refractivity contribution >= 4 is 0 Å². The molecule has 0 saturated heterocycles.